The highest BCUT2D eigenvalue weighted by molar-refractivity contribution is 5.92. The molecule has 1 saturated carbocycles. The minimum atomic E-state index is -0.454. The first-order chi connectivity index (χ1) is 6.70. The predicted molar refractivity (Wildman–Crippen MR) is 47.2 cm³/mol. The van der Waals surface area contributed by atoms with Crippen LogP contribution in [-0.4, -0.2) is 28.6 Å². The molecular formula is C9H11FN2O2. The number of rotatable bonds is 3. The molecule has 1 aromatic rings. The Morgan fingerprint density at radius 1 is 1.79 bits per heavy atom. The molecule has 0 bridgehead atoms. The van der Waals surface area contributed by atoms with Crippen molar-refractivity contribution in [2.24, 2.45) is 5.92 Å². The number of aromatic amines is 1. The number of carbonyl (C=O) groups is 1. The van der Waals surface area contributed by atoms with E-state index in [0.29, 0.717) is 0 Å². The highest BCUT2D eigenvalue weighted by Crippen LogP contribution is 2.29. The first-order valence-corrected chi connectivity index (χ1v) is 4.46. The fourth-order valence-corrected chi connectivity index (χ4v) is 1.37. The van der Waals surface area contributed by atoms with Crippen LogP contribution in [0.5, 0.6) is 0 Å². The van der Waals surface area contributed by atoms with Crippen LogP contribution in [0, 0.1) is 11.7 Å². The van der Waals surface area contributed by atoms with Crippen LogP contribution in [-0.2, 0) is 0 Å². The molecule has 0 aliphatic heterocycles. The number of H-pyrrole nitrogens is 1. The number of aliphatic hydroxyl groups excluding tert-OH is 1. The SMILES string of the molecule is O=C(N[C@@H]1C[C@H]1CO)c1cc(F)c[nH]1. The van der Waals surface area contributed by atoms with E-state index in [4.69, 9.17) is 5.11 Å². The lowest BCUT2D eigenvalue weighted by molar-refractivity contribution is 0.0943. The second kappa shape index (κ2) is 3.42. The molecule has 2 atom stereocenters. The number of aromatic nitrogens is 1. The molecule has 4 nitrogen and oxygen atoms in total. The van der Waals surface area contributed by atoms with Crippen molar-refractivity contribution < 1.29 is 14.3 Å². The number of aliphatic hydroxyl groups is 1. The number of nitrogens with one attached hydrogen (secondary N) is 2. The fraction of sp³-hybridized carbons (Fsp3) is 0.444. The summed E-state index contributed by atoms with van der Waals surface area (Å²) in [5.41, 5.74) is 0.214. The highest BCUT2D eigenvalue weighted by atomic mass is 19.1. The summed E-state index contributed by atoms with van der Waals surface area (Å²) in [4.78, 5) is 13.9. The third kappa shape index (κ3) is 1.77. The van der Waals surface area contributed by atoms with Gasteiger partial charge < -0.3 is 15.4 Å². The monoisotopic (exact) mass is 198 g/mol. The van der Waals surface area contributed by atoms with Crippen LogP contribution in [0.2, 0.25) is 0 Å². The molecule has 0 saturated heterocycles. The van der Waals surface area contributed by atoms with E-state index < -0.39 is 5.82 Å². The molecule has 14 heavy (non-hydrogen) atoms. The first-order valence-electron chi connectivity index (χ1n) is 4.46. The van der Waals surface area contributed by atoms with Gasteiger partial charge in [0.2, 0.25) is 0 Å². The Balaban J connectivity index is 1.91. The van der Waals surface area contributed by atoms with Crippen molar-refractivity contribution >= 4 is 5.91 Å². The molecule has 3 N–H and O–H groups in total. The Morgan fingerprint density at radius 2 is 2.57 bits per heavy atom. The van der Waals surface area contributed by atoms with Gasteiger partial charge >= 0.3 is 0 Å². The molecule has 0 aromatic carbocycles. The average Bonchev–Trinajstić information content (AvgIpc) is 2.77. The van der Waals surface area contributed by atoms with E-state index in [1.807, 2.05) is 0 Å². The number of hydrogen-bond donors (Lipinski definition) is 3. The van der Waals surface area contributed by atoms with Crippen LogP contribution in [0.3, 0.4) is 0 Å². The van der Waals surface area contributed by atoms with Crippen molar-refractivity contribution in [3.8, 4) is 0 Å². The number of halogens is 1. The van der Waals surface area contributed by atoms with Crippen molar-refractivity contribution in [3.63, 3.8) is 0 Å². The number of carbonyl (C=O) groups excluding carboxylic acids is 1. The van der Waals surface area contributed by atoms with Gasteiger partial charge in [0.25, 0.3) is 5.91 Å². The fourth-order valence-electron chi connectivity index (χ4n) is 1.37. The molecular weight excluding hydrogens is 187 g/mol. The van der Waals surface area contributed by atoms with Crippen LogP contribution < -0.4 is 5.32 Å². The lowest BCUT2D eigenvalue weighted by Gasteiger charge is -2.00. The molecule has 1 amide bonds. The van der Waals surface area contributed by atoms with Crippen LogP contribution in [0.25, 0.3) is 0 Å². The number of hydrogen-bond acceptors (Lipinski definition) is 2. The zero-order chi connectivity index (χ0) is 10.1. The van der Waals surface area contributed by atoms with E-state index in [0.717, 1.165) is 18.7 Å². The average molecular weight is 198 g/mol. The van der Waals surface area contributed by atoms with E-state index in [2.05, 4.69) is 10.3 Å². The summed E-state index contributed by atoms with van der Waals surface area (Å²) < 4.78 is 12.5. The normalized spacial score (nSPS) is 24.7. The Labute approximate surface area is 80.1 Å². The minimum absolute atomic E-state index is 0.0406. The van der Waals surface area contributed by atoms with Gasteiger partial charge in [0, 0.05) is 30.8 Å². The third-order valence-corrected chi connectivity index (χ3v) is 2.37. The number of amides is 1. The van der Waals surface area contributed by atoms with Crippen molar-refractivity contribution in [3.05, 3.63) is 23.8 Å². The second-order valence-corrected chi connectivity index (χ2v) is 3.49. The quantitative estimate of drug-likeness (QED) is 0.652. The first kappa shape index (κ1) is 9.21. The molecule has 1 aliphatic rings. The molecule has 0 spiro atoms. The maximum atomic E-state index is 12.5. The van der Waals surface area contributed by atoms with E-state index in [9.17, 15) is 9.18 Å². The van der Waals surface area contributed by atoms with Gasteiger partial charge in [-0.05, 0) is 6.42 Å². The summed E-state index contributed by atoms with van der Waals surface area (Å²) in [5.74, 6) is -0.613. The van der Waals surface area contributed by atoms with Gasteiger partial charge in [0.15, 0.2) is 0 Å². The van der Waals surface area contributed by atoms with E-state index >= 15 is 0 Å². The molecule has 2 rings (SSSR count). The molecule has 76 valence electrons. The van der Waals surface area contributed by atoms with Crippen molar-refractivity contribution in [2.75, 3.05) is 6.61 Å². The predicted octanol–water partition coefficient (Wildman–Crippen LogP) is 0.264. The van der Waals surface area contributed by atoms with Crippen LogP contribution in [0.4, 0.5) is 4.39 Å². The van der Waals surface area contributed by atoms with Gasteiger partial charge in [-0.15, -0.1) is 0 Å². The topological polar surface area (TPSA) is 65.1 Å². The molecule has 0 radical (unpaired) electrons. The minimum Gasteiger partial charge on any atom is -0.396 e. The summed E-state index contributed by atoms with van der Waals surface area (Å²) in [5, 5.41) is 11.4. The third-order valence-electron chi connectivity index (χ3n) is 2.37. The highest BCUT2D eigenvalue weighted by Gasteiger charge is 2.37. The summed E-state index contributed by atoms with van der Waals surface area (Å²) in [6.45, 7) is 0.0873. The lowest BCUT2D eigenvalue weighted by atomic mass is 10.4. The Bertz CT molecular complexity index is 350. The molecule has 1 aromatic heterocycles. The van der Waals surface area contributed by atoms with E-state index in [-0.39, 0.29) is 30.2 Å². The lowest BCUT2D eigenvalue weighted by Crippen LogP contribution is -2.27. The van der Waals surface area contributed by atoms with Crippen molar-refractivity contribution in [2.45, 2.75) is 12.5 Å². The molecule has 5 heteroatoms. The van der Waals surface area contributed by atoms with Crippen LogP contribution >= 0.6 is 0 Å². The second-order valence-electron chi connectivity index (χ2n) is 3.49. The molecule has 0 unspecified atom stereocenters. The Hall–Kier alpha value is -1.36. The zero-order valence-electron chi connectivity index (χ0n) is 7.46. The van der Waals surface area contributed by atoms with E-state index in [1.165, 1.54) is 0 Å². The maximum absolute atomic E-state index is 12.5. The Kier molecular flexibility index (Phi) is 2.25. The van der Waals surface area contributed by atoms with Crippen LogP contribution in [0.15, 0.2) is 12.3 Å². The molecule has 1 heterocycles. The van der Waals surface area contributed by atoms with Gasteiger partial charge in [-0.1, -0.05) is 0 Å². The summed E-state index contributed by atoms with van der Waals surface area (Å²) in [6, 6.07) is 1.19. The standard InChI is InChI=1S/C9H11FN2O2/c10-6-2-8(11-3-6)9(14)12-7-1-5(7)4-13/h2-3,5,7,11,13H,1,4H2,(H,12,14)/t5-,7+/m0/s1. The largest absolute Gasteiger partial charge is 0.396 e. The van der Waals surface area contributed by atoms with Crippen molar-refractivity contribution in [1.29, 1.82) is 0 Å². The van der Waals surface area contributed by atoms with Gasteiger partial charge in [0.05, 0.1) is 0 Å². The summed E-state index contributed by atoms with van der Waals surface area (Å²) in [7, 11) is 0. The summed E-state index contributed by atoms with van der Waals surface area (Å²) in [6.07, 6.45) is 1.93. The maximum Gasteiger partial charge on any atom is 0.268 e. The van der Waals surface area contributed by atoms with Gasteiger partial charge in [0.1, 0.15) is 11.5 Å². The van der Waals surface area contributed by atoms with Crippen LogP contribution in [0.1, 0.15) is 16.9 Å². The van der Waals surface area contributed by atoms with Gasteiger partial charge in [-0.25, -0.2) is 4.39 Å². The molecule has 1 aliphatic carbocycles. The molecule has 1 fully saturated rings. The Morgan fingerprint density at radius 3 is 3.07 bits per heavy atom. The van der Waals surface area contributed by atoms with Gasteiger partial charge in [-0.2, -0.15) is 0 Å². The smallest absolute Gasteiger partial charge is 0.268 e. The van der Waals surface area contributed by atoms with Gasteiger partial charge in [-0.3, -0.25) is 4.79 Å². The zero-order valence-corrected chi connectivity index (χ0v) is 7.46. The van der Waals surface area contributed by atoms with Crippen molar-refractivity contribution in [1.82, 2.24) is 10.3 Å². The van der Waals surface area contributed by atoms with E-state index in [1.54, 1.807) is 0 Å². The summed E-state index contributed by atoms with van der Waals surface area (Å²) >= 11 is 0.